The van der Waals surface area contributed by atoms with Gasteiger partial charge in [0.2, 0.25) is 11.9 Å². The molecule has 1 N–H and O–H groups in total. The van der Waals surface area contributed by atoms with Gasteiger partial charge in [-0.15, -0.1) is 0 Å². The minimum atomic E-state index is -0.531. The highest BCUT2D eigenvalue weighted by molar-refractivity contribution is 7.15. The summed E-state index contributed by atoms with van der Waals surface area (Å²) in [6, 6.07) is 2.08. The number of thiazole rings is 1. The molecule has 1 saturated heterocycles. The minimum Gasteiger partial charge on any atom is -0.487 e. The molecule has 2 atom stereocenters. The van der Waals surface area contributed by atoms with Crippen LogP contribution in [0.4, 0.5) is 9.52 Å². The number of pyridine rings is 1. The molecule has 1 amide bonds. The van der Waals surface area contributed by atoms with Gasteiger partial charge in [-0.3, -0.25) is 19.4 Å². The van der Waals surface area contributed by atoms with Crippen molar-refractivity contribution in [3.8, 4) is 5.75 Å². The average molecular weight is 404 g/mol. The Morgan fingerprint density at radius 2 is 2.32 bits per heavy atom. The van der Waals surface area contributed by atoms with Crippen molar-refractivity contribution in [3.63, 3.8) is 0 Å². The zero-order chi connectivity index (χ0) is 19.8. The van der Waals surface area contributed by atoms with Gasteiger partial charge in [0.15, 0.2) is 5.13 Å². The Hall–Kier alpha value is -2.59. The molecule has 0 unspecified atom stereocenters. The first-order valence-corrected chi connectivity index (χ1v) is 9.82. The van der Waals surface area contributed by atoms with Crippen molar-refractivity contribution in [1.29, 1.82) is 0 Å². The molecule has 4 heterocycles. The number of rotatable bonds is 5. The number of likely N-dealkylation sites (tertiary alicyclic amines) is 1. The van der Waals surface area contributed by atoms with E-state index in [1.54, 1.807) is 17.1 Å². The van der Waals surface area contributed by atoms with Crippen LogP contribution in [0.1, 0.15) is 25.1 Å². The predicted molar refractivity (Wildman–Crippen MR) is 104 cm³/mol. The molecular weight excluding hydrogens is 383 g/mol. The molecule has 0 bridgehead atoms. The average Bonchev–Trinajstić information content (AvgIpc) is 3.27. The molecule has 8 nitrogen and oxygen atoms in total. The molecule has 0 aromatic carbocycles. The molecule has 28 heavy (non-hydrogen) atoms. The van der Waals surface area contributed by atoms with Crippen LogP contribution in [-0.4, -0.2) is 49.2 Å². The van der Waals surface area contributed by atoms with E-state index in [4.69, 9.17) is 4.74 Å². The highest BCUT2D eigenvalue weighted by Gasteiger charge is 2.32. The molecule has 1 fully saturated rings. The van der Waals surface area contributed by atoms with E-state index in [-0.39, 0.29) is 23.2 Å². The number of aromatic nitrogens is 4. The van der Waals surface area contributed by atoms with Gasteiger partial charge in [0, 0.05) is 51.8 Å². The fraction of sp³-hybridized carbons (Fsp3) is 0.444. The number of nitrogens with zero attached hydrogens (tertiary/aromatic N) is 5. The molecule has 3 aromatic rings. The molecule has 1 aliphatic rings. The first-order valence-electron chi connectivity index (χ1n) is 9.01. The van der Waals surface area contributed by atoms with Crippen molar-refractivity contribution in [2.45, 2.75) is 39.0 Å². The number of aryl methyl sites for hydroxylation is 1. The lowest BCUT2D eigenvalue weighted by molar-refractivity contribution is -0.114. The van der Waals surface area contributed by atoms with Crippen LogP contribution in [0.5, 0.6) is 5.75 Å². The number of amides is 1. The van der Waals surface area contributed by atoms with Crippen LogP contribution in [0, 0.1) is 5.95 Å². The summed E-state index contributed by atoms with van der Waals surface area (Å²) in [5.41, 5.74) is 1.65. The number of nitrogens with one attached hydrogen (secondary N) is 1. The van der Waals surface area contributed by atoms with E-state index >= 15 is 0 Å². The van der Waals surface area contributed by atoms with Crippen molar-refractivity contribution in [2.75, 3.05) is 11.9 Å². The molecule has 1 aliphatic heterocycles. The van der Waals surface area contributed by atoms with Crippen molar-refractivity contribution < 1.29 is 13.9 Å². The summed E-state index contributed by atoms with van der Waals surface area (Å²) in [7, 11) is 1.86. The molecule has 148 valence electrons. The summed E-state index contributed by atoms with van der Waals surface area (Å²) in [5.74, 6) is -0.0425. The Morgan fingerprint density at radius 3 is 3.11 bits per heavy atom. The maximum atomic E-state index is 14.1. The van der Waals surface area contributed by atoms with Gasteiger partial charge in [0.1, 0.15) is 22.9 Å². The molecule has 4 rings (SSSR count). The standard InChI is InChI=1S/C18H21FN6O2S/c1-10-6-12(27-14-4-5-20-13-7-21-24(3)16(13)14)8-25(10)9-15-17(19)23-18(28-15)22-11(2)26/h4-5,7,10,12H,6,8-9H2,1-3H3,(H,22,23,26)/t10-,12+/m0/s1. The number of fused-ring (bicyclic) bond motifs is 1. The number of ether oxygens (including phenoxy) is 1. The van der Waals surface area contributed by atoms with E-state index in [1.165, 1.54) is 18.3 Å². The van der Waals surface area contributed by atoms with E-state index in [9.17, 15) is 9.18 Å². The maximum absolute atomic E-state index is 14.1. The van der Waals surface area contributed by atoms with Gasteiger partial charge in [-0.1, -0.05) is 11.3 Å². The van der Waals surface area contributed by atoms with Gasteiger partial charge in [0.05, 0.1) is 11.1 Å². The van der Waals surface area contributed by atoms with Gasteiger partial charge >= 0.3 is 0 Å². The highest BCUT2D eigenvalue weighted by Crippen LogP contribution is 2.30. The predicted octanol–water partition coefficient (Wildman–Crippen LogP) is 2.56. The lowest BCUT2D eigenvalue weighted by Crippen LogP contribution is -2.28. The Labute approximate surface area is 165 Å². The smallest absolute Gasteiger partial charge is 0.230 e. The van der Waals surface area contributed by atoms with E-state index < -0.39 is 5.95 Å². The van der Waals surface area contributed by atoms with Crippen LogP contribution in [0.25, 0.3) is 11.0 Å². The normalized spacial score (nSPS) is 20.0. The Balaban J connectivity index is 1.45. The second kappa shape index (κ2) is 7.44. The van der Waals surface area contributed by atoms with Crippen molar-refractivity contribution in [2.24, 2.45) is 7.05 Å². The molecule has 0 radical (unpaired) electrons. The quantitative estimate of drug-likeness (QED) is 0.704. The Kier molecular flexibility index (Phi) is 4.98. The fourth-order valence-corrected chi connectivity index (χ4v) is 4.43. The summed E-state index contributed by atoms with van der Waals surface area (Å²) in [4.78, 5) is 21.9. The zero-order valence-corrected chi connectivity index (χ0v) is 16.7. The van der Waals surface area contributed by atoms with Crippen molar-refractivity contribution >= 4 is 33.4 Å². The summed E-state index contributed by atoms with van der Waals surface area (Å²) < 4.78 is 22.1. The third-order valence-corrected chi connectivity index (χ3v) is 5.76. The first-order chi connectivity index (χ1) is 13.4. The summed E-state index contributed by atoms with van der Waals surface area (Å²) >= 11 is 1.17. The summed E-state index contributed by atoms with van der Waals surface area (Å²) in [5, 5.41) is 7.06. The number of halogens is 1. The number of hydrogen-bond donors (Lipinski definition) is 1. The minimum absolute atomic E-state index is 0.0127. The van der Waals surface area contributed by atoms with Crippen LogP contribution in [0.3, 0.4) is 0 Å². The Bertz CT molecular complexity index is 1020. The third-order valence-electron chi connectivity index (χ3n) is 4.83. The van der Waals surface area contributed by atoms with Gasteiger partial charge in [0.25, 0.3) is 0 Å². The van der Waals surface area contributed by atoms with Crippen LogP contribution in [-0.2, 0) is 18.4 Å². The van der Waals surface area contributed by atoms with Crippen LogP contribution in [0.15, 0.2) is 18.5 Å². The zero-order valence-electron chi connectivity index (χ0n) is 15.8. The Morgan fingerprint density at radius 1 is 1.50 bits per heavy atom. The lowest BCUT2D eigenvalue weighted by atomic mass is 10.2. The third kappa shape index (κ3) is 3.69. The highest BCUT2D eigenvalue weighted by atomic mass is 32.1. The van der Waals surface area contributed by atoms with Crippen molar-refractivity contribution in [1.82, 2.24) is 24.6 Å². The summed E-state index contributed by atoms with van der Waals surface area (Å²) in [6.45, 7) is 4.59. The molecule has 3 aromatic heterocycles. The monoisotopic (exact) mass is 404 g/mol. The van der Waals surface area contributed by atoms with Crippen LogP contribution >= 0.6 is 11.3 Å². The maximum Gasteiger partial charge on any atom is 0.230 e. The van der Waals surface area contributed by atoms with Gasteiger partial charge in [-0.25, -0.2) is 0 Å². The van der Waals surface area contributed by atoms with Crippen LogP contribution in [0.2, 0.25) is 0 Å². The van der Waals surface area contributed by atoms with E-state index in [0.717, 1.165) is 23.2 Å². The SMILES string of the molecule is CC(=O)Nc1nc(F)c(CN2C[C@H](Oc3ccnc4cnn(C)c34)C[C@@H]2C)s1. The van der Waals surface area contributed by atoms with Gasteiger partial charge in [-0.05, 0) is 6.92 Å². The first kappa shape index (κ1) is 18.8. The number of carbonyl (C=O) groups is 1. The number of hydrogen-bond acceptors (Lipinski definition) is 7. The van der Waals surface area contributed by atoms with Gasteiger partial charge in [-0.2, -0.15) is 14.5 Å². The van der Waals surface area contributed by atoms with Crippen LogP contribution < -0.4 is 10.1 Å². The molecule has 0 spiro atoms. The van der Waals surface area contributed by atoms with E-state index in [1.807, 2.05) is 13.1 Å². The summed E-state index contributed by atoms with van der Waals surface area (Å²) in [6.07, 6.45) is 4.25. The lowest BCUT2D eigenvalue weighted by Gasteiger charge is -2.19. The second-order valence-corrected chi connectivity index (χ2v) is 8.06. The molecule has 0 saturated carbocycles. The molecule has 10 heteroatoms. The number of anilines is 1. The van der Waals surface area contributed by atoms with Gasteiger partial charge < -0.3 is 10.1 Å². The second-order valence-electron chi connectivity index (χ2n) is 6.98. The topological polar surface area (TPSA) is 85.2 Å². The number of carbonyl (C=O) groups excluding carboxylic acids is 1. The van der Waals surface area contributed by atoms with Crippen molar-refractivity contribution in [3.05, 3.63) is 29.3 Å². The largest absolute Gasteiger partial charge is 0.487 e. The molecular formula is C18H21FN6O2S. The van der Waals surface area contributed by atoms with E-state index in [0.29, 0.717) is 18.0 Å². The fourth-order valence-electron chi connectivity index (χ4n) is 3.52. The molecule has 0 aliphatic carbocycles. The van der Waals surface area contributed by atoms with E-state index in [2.05, 4.69) is 32.2 Å².